The summed E-state index contributed by atoms with van der Waals surface area (Å²) in [5.41, 5.74) is 4.01. The summed E-state index contributed by atoms with van der Waals surface area (Å²) in [6.07, 6.45) is 1.59. The third-order valence-corrected chi connectivity index (χ3v) is 7.57. The number of para-hydroxylation sites is 3. The van der Waals surface area contributed by atoms with Crippen molar-refractivity contribution in [3.63, 3.8) is 0 Å². The number of likely N-dealkylation sites (tertiary alicyclic amines) is 2. The maximum absolute atomic E-state index is 13.4. The first-order valence-corrected chi connectivity index (χ1v) is 13.3. The zero-order valence-corrected chi connectivity index (χ0v) is 21.6. The summed E-state index contributed by atoms with van der Waals surface area (Å²) >= 11 is 0. The monoisotopic (exact) mass is 530 g/mol. The Labute approximate surface area is 230 Å². The Balaban J connectivity index is 1.00. The third-order valence-electron chi connectivity index (χ3n) is 7.57. The van der Waals surface area contributed by atoms with Gasteiger partial charge in [-0.25, -0.2) is 19.9 Å². The molecule has 10 nitrogen and oxygen atoms in total. The Morgan fingerprint density at radius 3 is 2.12 bits per heavy atom. The van der Waals surface area contributed by atoms with Crippen LogP contribution in [0, 0.1) is 11.8 Å². The molecule has 2 aliphatic rings. The van der Waals surface area contributed by atoms with E-state index in [0.29, 0.717) is 55.0 Å². The first kappa shape index (κ1) is 24.0. The first-order valence-electron chi connectivity index (χ1n) is 13.3. The summed E-state index contributed by atoms with van der Waals surface area (Å²) in [5, 5.41) is 3.14. The minimum absolute atomic E-state index is 0.0994. The molecule has 2 N–H and O–H groups in total. The van der Waals surface area contributed by atoms with Crippen LogP contribution in [0.25, 0.3) is 22.6 Å². The minimum Gasteiger partial charge on any atom is -0.337 e. The molecule has 5 aromatic rings. The smallest absolute Gasteiger partial charge is 0.272 e. The van der Waals surface area contributed by atoms with Gasteiger partial charge in [-0.3, -0.25) is 9.59 Å². The molecule has 3 aromatic heterocycles. The lowest BCUT2D eigenvalue weighted by Gasteiger charge is -2.21. The molecule has 5 heterocycles. The van der Waals surface area contributed by atoms with Crippen molar-refractivity contribution in [2.45, 2.75) is 0 Å². The predicted molar refractivity (Wildman–Crippen MR) is 150 cm³/mol. The average Bonchev–Trinajstić information content (AvgIpc) is 3.71. The third kappa shape index (κ3) is 4.53. The molecule has 0 saturated carbocycles. The van der Waals surface area contributed by atoms with E-state index in [0.717, 1.165) is 16.7 Å². The molecule has 0 radical (unpaired) electrons. The minimum atomic E-state index is -0.119. The van der Waals surface area contributed by atoms with Gasteiger partial charge in [-0.1, -0.05) is 36.4 Å². The highest BCUT2D eigenvalue weighted by molar-refractivity contribution is 5.94. The van der Waals surface area contributed by atoms with Crippen LogP contribution in [0.2, 0.25) is 0 Å². The molecule has 2 aliphatic heterocycles. The summed E-state index contributed by atoms with van der Waals surface area (Å²) in [6.45, 7) is 2.36. The lowest BCUT2D eigenvalue weighted by Crippen LogP contribution is -2.36. The number of hydrogen-bond acceptors (Lipinski definition) is 7. The number of fused-ring (bicyclic) bond motifs is 2. The molecule has 2 unspecified atom stereocenters. The van der Waals surface area contributed by atoms with Crippen molar-refractivity contribution in [3.05, 3.63) is 96.4 Å². The van der Waals surface area contributed by atoms with Gasteiger partial charge in [0.2, 0.25) is 5.95 Å². The highest BCUT2D eigenvalue weighted by atomic mass is 16.2. The number of aromatic amines is 1. The second-order valence-electron chi connectivity index (χ2n) is 10.2. The van der Waals surface area contributed by atoms with E-state index in [9.17, 15) is 9.59 Å². The Bertz CT molecular complexity index is 1670. The molecule has 0 aliphatic carbocycles. The fourth-order valence-electron chi connectivity index (χ4n) is 5.60. The van der Waals surface area contributed by atoms with E-state index in [1.165, 1.54) is 0 Å². The number of nitrogens with one attached hydrogen (secondary N) is 2. The molecule has 10 heteroatoms. The number of anilines is 2. The maximum atomic E-state index is 13.4. The highest BCUT2D eigenvalue weighted by Crippen LogP contribution is 2.32. The Kier molecular flexibility index (Phi) is 5.92. The standard InChI is InChI=1S/C30H26N8O2/c39-28(25-12-6-11-24(33-25)27-34-22-9-4-5-10-23(22)35-27)37-15-19-17-38(18-20(19)16-37)29(40)26-13-14-31-30(36-26)32-21-7-2-1-3-8-21/h1-14,19-20H,15-18H2,(H,34,35)(H,31,32,36). The Hall–Kier alpha value is -5.12. The van der Waals surface area contributed by atoms with Crippen LogP contribution in [-0.4, -0.2) is 72.7 Å². The number of carbonyl (C=O) groups is 2. The van der Waals surface area contributed by atoms with Gasteiger partial charge in [-0.15, -0.1) is 0 Å². The lowest BCUT2D eigenvalue weighted by atomic mass is 10.0. The normalized spacial score (nSPS) is 18.2. The SMILES string of the molecule is O=C(c1cccc(-c2nc3ccccc3[nH]2)n1)N1CC2CN(C(=O)c3ccnc(Nc4ccccc4)n3)CC2C1. The van der Waals surface area contributed by atoms with Crippen LogP contribution < -0.4 is 5.32 Å². The number of imidazole rings is 1. The molecule has 198 valence electrons. The number of hydrogen-bond donors (Lipinski definition) is 2. The van der Waals surface area contributed by atoms with Gasteiger partial charge >= 0.3 is 0 Å². The summed E-state index contributed by atoms with van der Waals surface area (Å²) in [4.78, 5) is 51.5. The topological polar surface area (TPSA) is 120 Å². The Morgan fingerprint density at radius 2 is 1.40 bits per heavy atom. The van der Waals surface area contributed by atoms with Crippen LogP contribution >= 0.6 is 0 Å². The van der Waals surface area contributed by atoms with Crippen molar-refractivity contribution in [2.75, 3.05) is 31.5 Å². The lowest BCUT2D eigenvalue weighted by molar-refractivity contribution is 0.0732. The second-order valence-corrected chi connectivity index (χ2v) is 10.2. The van der Waals surface area contributed by atoms with Crippen LogP contribution in [0.3, 0.4) is 0 Å². The molecule has 0 bridgehead atoms. The fourth-order valence-corrected chi connectivity index (χ4v) is 5.60. The number of carbonyl (C=O) groups excluding carboxylic acids is 2. The molecule has 2 fully saturated rings. The van der Waals surface area contributed by atoms with E-state index in [4.69, 9.17) is 0 Å². The molecule has 7 rings (SSSR count). The molecular weight excluding hydrogens is 504 g/mol. The van der Waals surface area contributed by atoms with Gasteiger partial charge in [0, 0.05) is 49.9 Å². The van der Waals surface area contributed by atoms with Crippen molar-refractivity contribution in [3.8, 4) is 11.5 Å². The van der Waals surface area contributed by atoms with E-state index in [-0.39, 0.29) is 23.7 Å². The number of amides is 2. The summed E-state index contributed by atoms with van der Waals surface area (Å²) in [5.74, 6) is 1.23. The van der Waals surface area contributed by atoms with Gasteiger partial charge in [0.15, 0.2) is 5.82 Å². The number of H-pyrrole nitrogens is 1. The van der Waals surface area contributed by atoms with Crippen molar-refractivity contribution in [1.82, 2.24) is 34.7 Å². The molecule has 40 heavy (non-hydrogen) atoms. The number of aromatic nitrogens is 5. The Morgan fingerprint density at radius 1 is 0.725 bits per heavy atom. The largest absolute Gasteiger partial charge is 0.337 e. The molecule has 0 spiro atoms. The highest BCUT2D eigenvalue weighted by Gasteiger charge is 2.43. The van der Waals surface area contributed by atoms with E-state index < -0.39 is 0 Å². The van der Waals surface area contributed by atoms with Gasteiger partial charge in [0.1, 0.15) is 17.1 Å². The number of rotatable bonds is 5. The first-order chi connectivity index (χ1) is 19.6. The van der Waals surface area contributed by atoms with Gasteiger partial charge in [0.25, 0.3) is 11.8 Å². The van der Waals surface area contributed by atoms with Crippen LogP contribution in [0.15, 0.2) is 85.1 Å². The quantitative estimate of drug-likeness (QED) is 0.352. The van der Waals surface area contributed by atoms with Crippen LogP contribution in [0.4, 0.5) is 11.6 Å². The van der Waals surface area contributed by atoms with Crippen molar-refractivity contribution < 1.29 is 9.59 Å². The van der Waals surface area contributed by atoms with Gasteiger partial charge in [-0.2, -0.15) is 0 Å². The summed E-state index contributed by atoms with van der Waals surface area (Å²) in [7, 11) is 0. The molecular formula is C30H26N8O2. The van der Waals surface area contributed by atoms with Gasteiger partial charge in [-0.05, 0) is 42.5 Å². The number of pyridine rings is 1. The second kappa shape index (κ2) is 9.88. The molecule has 2 aromatic carbocycles. The van der Waals surface area contributed by atoms with Crippen molar-refractivity contribution >= 4 is 34.5 Å². The summed E-state index contributed by atoms with van der Waals surface area (Å²) in [6, 6.07) is 24.5. The van der Waals surface area contributed by atoms with Crippen LogP contribution in [-0.2, 0) is 0 Å². The van der Waals surface area contributed by atoms with Crippen molar-refractivity contribution in [1.29, 1.82) is 0 Å². The molecule has 2 amide bonds. The van der Waals surface area contributed by atoms with Crippen LogP contribution in [0.1, 0.15) is 21.0 Å². The zero-order chi connectivity index (χ0) is 27.1. The predicted octanol–water partition coefficient (Wildman–Crippen LogP) is 4.00. The number of nitrogens with zero attached hydrogens (tertiary/aromatic N) is 6. The average molecular weight is 531 g/mol. The molecule has 2 atom stereocenters. The van der Waals surface area contributed by atoms with Gasteiger partial charge < -0.3 is 20.1 Å². The van der Waals surface area contributed by atoms with Crippen LogP contribution in [0.5, 0.6) is 0 Å². The summed E-state index contributed by atoms with van der Waals surface area (Å²) < 4.78 is 0. The van der Waals surface area contributed by atoms with Crippen molar-refractivity contribution in [2.24, 2.45) is 11.8 Å². The fraction of sp³-hybridized carbons (Fsp3) is 0.200. The van der Waals surface area contributed by atoms with Gasteiger partial charge in [0.05, 0.1) is 11.0 Å². The zero-order valence-electron chi connectivity index (χ0n) is 21.6. The van der Waals surface area contributed by atoms with E-state index >= 15 is 0 Å². The van der Waals surface area contributed by atoms with E-state index in [1.54, 1.807) is 18.3 Å². The number of benzene rings is 2. The molecule has 2 saturated heterocycles. The van der Waals surface area contributed by atoms with E-state index in [1.807, 2.05) is 76.5 Å². The van der Waals surface area contributed by atoms with E-state index in [2.05, 4.69) is 30.2 Å². The maximum Gasteiger partial charge on any atom is 0.272 e.